The Hall–Kier alpha value is -1.95. The van der Waals surface area contributed by atoms with E-state index in [0.717, 1.165) is 12.0 Å². The Morgan fingerprint density at radius 1 is 1.56 bits per heavy atom. The van der Waals surface area contributed by atoms with E-state index in [1.165, 1.54) is 0 Å². The first-order valence-electron chi connectivity index (χ1n) is 4.95. The minimum Gasteiger partial charge on any atom is -0.358 e. The molecule has 2 aromatic heterocycles. The van der Waals surface area contributed by atoms with E-state index in [9.17, 15) is 10.1 Å². The maximum absolute atomic E-state index is 10.7. The number of aryl methyl sites for hydroxylation is 1. The molecule has 0 aliphatic rings. The summed E-state index contributed by atoms with van der Waals surface area (Å²) in [7, 11) is 0. The molecule has 0 saturated heterocycles. The Balaban J connectivity index is 2.62. The molecule has 0 saturated carbocycles. The molecule has 6 heteroatoms. The zero-order valence-electron chi connectivity index (χ0n) is 8.88. The zero-order valence-corrected chi connectivity index (χ0v) is 8.88. The van der Waals surface area contributed by atoms with Crippen molar-refractivity contribution < 1.29 is 4.92 Å². The fraction of sp³-hybridized carbons (Fsp3) is 0.300. The van der Waals surface area contributed by atoms with Crippen LogP contribution in [0.1, 0.15) is 11.4 Å². The van der Waals surface area contributed by atoms with E-state index in [0.29, 0.717) is 17.9 Å². The van der Waals surface area contributed by atoms with Crippen LogP contribution in [-0.2, 0) is 6.42 Å². The molecular weight excluding hydrogens is 208 g/mol. The summed E-state index contributed by atoms with van der Waals surface area (Å²) < 4.78 is 1.73. The van der Waals surface area contributed by atoms with E-state index in [4.69, 9.17) is 5.73 Å². The van der Waals surface area contributed by atoms with Gasteiger partial charge in [0.05, 0.1) is 0 Å². The second-order valence-electron chi connectivity index (χ2n) is 3.57. The van der Waals surface area contributed by atoms with E-state index in [2.05, 4.69) is 4.98 Å². The second kappa shape index (κ2) is 3.90. The van der Waals surface area contributed by atoms with Crippen LogP contribution in [0, 0.1) is 17.0 Å². The lowest BCUT2D eigenvalue weighted by Gasteiger charge is -2.00. The van der Waals surface area contributed by atoms with Crippen LogP contribution in [0.2, 0.25) is 0 Å². The third-order valence-electron chi connectivity index (χ3n) is 2.46. The Labute approximate surface area is 91.9 Å². The number of hydrogen-bond acceptors (Lipinski definition) is 4. The first kappa shape index (κ1) is 10.6. The van der Waals surface area contributed by atoms with E-state index in [1.54, 1.807) is 17.4 Å². The molecule has 6 nitrogen and oxygen atoms in total. The molecule has 0 spiro atoms. The summed E-state index contributed by atoms with van der Waals surface area (Å²) in [4.78, 5) is 14.2. The monoisotopic (exact) mass is 220 g/mol. The third kappa shape index (κ3) is 1.63. The van der Waals surface area contributed by atoms with Gasteiger partial charge in [0, 0.05) is 13.1 Å². The van der Waals surface area contributed by atoms with Gasteiger partial charge in [0.2, 0.25) is 5.82 Å². The average molecular weight is 220 g/mol. The lowest BCUT2D eigenvalue weighted by Crippen LogP contribution is -2.03. The van der Waals surface area contributed by atoms with E-state index < -0.39 is 4.92 Å². The summed E-state index contributed by atoms with van der Waals surface area (Å²) in [6, 6.07) is 3.56. The van der Waals surface area contributed by atoms with Crippen LogP contribution in [0.4, 0.5) is 5.82 Å². The van der Waals surface area contributed by atoms with E-state index in [1.807, 2.05) is 12.3 Å². The summed E-state index contributed by atoms with van der Waals surface area (Å²) in [6.07, 6.45) is 2.60. The van der Waals surface area contributed by atoms with Gasteiger partial charge >= 0.3 is 5.82 Å². The molecule has 0 amide bonds. The zero-order chi connectivity index (χ0) is 11.7. The second-order valence-corrected chi connectivity index (χ2v) is 3.57. The quantitative estimate of drug-likeness (QED) is 0.618. The normalized spacial score (nSPS) is 10.9. The lowest BCUT2D eigenvalue weighted by atomic mass is 10.2. The van der Waals surface area contributed by atoms with Crippen molar-refractivity contribution >= 4 is 11.3 Å². The van der Waals surface area contributed by atoms with Crippen LogP contribution in [0.5, 0.6) is 0 Å². The van der Waals surface area contributed by atoms with Gasteiger partial charge in [0.1, 0.15) is 5.52 Å². The van der Waals surface area contributed by atoms with Crippen molar-refractivity contribution in [1.82, 2.24) is 9.38 Å². The van der Waals surface area contributed by atoms with Gasteiger partial charge < -0.3 is 15.8 Å². The van der Waals surface area contributed by atoms with Crippen LogP contribution in [-0.4, -0.2) is 20.9 Å². The molecule has 0 unspecified atom stereocenters. The number of hydrogen-bond donors (Lipinski definition) is 1. The molecule has 0 aromatic carbocycles. The molecule has 2 N–H and O–H groups in total. The molecule has 2 aromatic rings. The highest BCUT2D eigenvalue weighted by atomic mass is 16.6. The van der Waals surface area contributed by atoms with Gasteiger partial charge in [0.25, 0.3) is 0 Å². The smallest absolute Gasteiger partial charge is 0.358 e. The Morgan fingerprint density at radius 3 is 2.94 bits per heavy atom. The Bertz CT molecular complexity index is 547. The first-order valence-corrected chi connectivity index (χ1v) is 4.95. The third-order valence-corrected chi connectivity index (χ3v) is 2.46. The first-order chi connectivity index (χ1) is 7.63. The molecule has 84 valence electrons. The molecule has 2 rings (SSSR count). The van der Waals surface area contributed by atoms with Gasteiger partial charge in [-0.3, -0.25) is 4.40 Å². The standard InChI is InChI=1S/C10H12N4O2/c1-7-12-10(14(15)16)9-3-2-8(4-5-11)6-13(7)9/h2-3,6H,4-5,11H2,1H3. The summed E-state index contributed by atoms with van der Waals surface area (Å²) in [5.74, 6) is 0.511. The summed E-state index contributed by atoms with van der Waals surface area (Å²) >= 11 is 0. The number of imidazole rings is 1. The molecule has 0 aliphatic carbocycles. The fourth-order valence-electron chi connectivity index (χ4n) is 1.71. The molecule has 0 atom stereocenters. The lowest BCUT2D eigenvalue weighted by molar-refractivity contribution is -0.387. The predicted octanol–water partition coefficient (Wildman–Crippen LogP) is 1.05. The molecule has 2 heterocycles. The van der Waals surface area contributed by atoms with Crippen molar-refractivity contribution in [2.24, 2.45) is 5.73 Å². The summed E-state index contributed by atoms with van der Waals surface area (Å²) in [5.41, 5.74) is 7.03. The van der Waals surface area contributed by atoms with Crippen LogP contribution in [0.3, 0.4) is 0 Å². The molecule has 0 aliphatic heterocycles. The van der Waals surface area contributed by atoms with Crippen molar-refractivity contribution in [1.29, 1.82) is 0 Å². The minimum atomic E-state index is -0.467. The number of nitro groups is 1. The van der Waals surface area contributed by atoms with Crippen molar-refractivity contribution in [3.63, 3.8) is 0 Å². The van der Waals surface area contributed by atoms with E-state index >= 15 is 0 Å². The van der Waals surface area contributed by atoms with Gasteiger partial charge in [0.15, 0.2) is 0 Å². The van der Waals surface area contributed by atoms with Gasteiger partial charge in [-0.05, 0) is 34.5 Å². The summed E-state index contributed by atoms with van der Waals surface area (Å²) in [6.45, 7) is 2.30. The SMILES string of the molecule is Cc1nc([N+](=O)[O-])c2ccc(CCN)cn12. The minimum absolute atomic E-state index is 0.100. The highest BCUT2D eigenvalue weighted by Gasteiger charge is 2.18. The van der Waals surface area contributed by atoms with Crippen molar-refractivity contribution in [2.45, 2.75) is 13.3 Å². The predicted molar refractivity (Wildman–Crippen MR) is 59.3 cm³/mol. The molecule has 0 radical (unpaired) electrons. The van der Waals surface area contributed by atoms with Gasteiger partial charge in [-0.1, -0.05) is 6.07 Å². The maximum atomic E-state index is 10.7. The number of fused-ring (bicyclic) bond motifs is 1. The number of nitrogens with two attached hydrogens (primary N) is 1. The van der Waals surface area contributed by atoms with E-state index in [-0.39, 0.29) is 5.82 Å². The highest BCUT2D eigenvalue weighted by Crippen LogP contribution is 2.20. The van der Waals surface area contributed by atoms with Crippen molar-refractivity contribution in [3.8, 4) is 0 Å². The number of aromatic nitrogens is 2. The molecule has 0 fully saturated rings. The van der Waals surface area contributed by atoms with Crippen molar-refractivity contribution in [3.05, 3.63) is 39.8 Å². The molecule has 16 heavy (non-hydrogen) atoms. The van der Waals surface area contributed by atoms with Crippen LogP contribution in [0.25, 0.3) is 5.52 Å². The van der Waals surface area contributed by atoms with Crippen LogP contribution in [0.15, 0.2) is 18.3 Å². The number of nitrogens with zero attached hydrogens (tertiary/aromatic N) is 3. The molecular formula is C10H12N4O2. The maximum Gasteiger partial charge on any atom is 0.389 e. The van der Waals surface area contributed by atoms with Gasteiger partial charge in [-0.2, -0.15) is 0 Å². The number of pyridine rings is 1. The summed E-state index contributed by atoms with van der Waals surface area (Å²) in [5, 5.41) is 10.7. The Morgan fingerprint density at radius 2 is 2.31 bits per heavy atom. The van der Waals surface area contributed by atoms with Crippen molar-refractivity contribution in [2.75, 3.05) is 6.54 Å². The Kier molecular flexibility index (Phi) is 2.57. The van der Waals surface area contributed by atoms with Crippen LogP contribution < -0.4 is 5.73 Å². The topological polar surface area (TPSA) is 86.5 Å². The fourth-order valence-corrected chi connectivity index (χ4v) is 1.71. The van der Waals surface area contributed by atoms with Gasteiger partial charge in [-0.25, -0.2) is 0 Å². The number of rotatable bonds is 3. The average Bonchev–Trinajstić information content (AvgIpc) is 2.57. The highest BCUT2D eigenvalue weighted by molar-refractivity contribution is 5.62. The van der Waals surface area contributed by atoms with Gasteiger partial charge in [-0.15, -0.1) is 0 Å². The largest absolute Gasteiger partial charge is 0.389 e. The van der Waals surface area contributed by atoms with Crippen LogP contribution >= 0.6 is 0 Å². The molecule has 0 bridgehead atoms.